The number of nitrogens with one attached hydrogen (secondary N) is 1. The van der Waals surface area contributed by atoms with Gasteiger partial charge in [-0.3, -0.25) is 9.59 Å². The number of rotatable bonds is 5. The minimum atomic E-state index is -0.515. The molecule has 1 aromatic heterocycles. The maximum absolute atomic E-state index is 13.7. The summed E-state index contributed by atoms with van der Waals surface area (Å²) in [4.78, 5) is 30.6. The van der Waals surface area contributed by atoms with E-state index in [0.717, 1.165) is 23.8 Å². The van der Waals surface area contributed by atoms with Gasteiger partial charge >= 0.3 is 0 Å². The lowest BCUT2D eigenvalue weighted by Gasteiger charge is -2.31. The number of halogens is 2. The van der Waals surface area contributed by atoms with Gasteiger partial charge < -0.3 is 10.2 Å². The second-order valence-corrected chi connectivity index (χ2v) is 7.10. The fourth-order valence-corrected chi connectivity index (χ4v) is 3.30. The number of amides is 2. The van der Waals surface area contributed by atoms with Crippen LogP contribution in [0.25, 0.3) is 0 Å². The molecule has 7 heteroatoms. The van der Waals surface area contributed by atoms with Gasteiger partial charge in [-0.1, -0.05) is 6.07 Å². The highest BCUT2D eigenvalue weighted by molar-refractivity contribution is 5.91. The molecule has 5 nitrogen and oxygen atoms in total. The van der Waals surface area contributed by atoms with Crippen molar-refractivity contribution in [1.82, 2.24) is 9.88 Å². The van der Waals surface area contributed by atoms with Crippen LogP contribution in [-0.4, -0.2) is 34.8 Å². The Labute approximate surface area is 162 Å². The van der Waals surface area contributed by atoms with E-state index in [1.54, 1.807) is 17.2 Å². The van der Waals surface area contributed by atoms with Crippen LogP contribution in [0.5, 0.6) is 0 Å². The minimum absolute atomic E-state index is 0.0923. The third-order valence-corrected chi connectivity index (χ3v) is 5.00. The van der Waals surface area contributed by atoms with Crippen molar-refractivity contribution in [2.75, 3.05) is 18.4 Å². The van der Waals surface area contributed by atoms with Crippen LogP contribution in [0.1, 0.15) is 30.4 Å². The lowest BCUT2D eigenvalue weighted by molar-refractivity contribution is -0.134. The molecule has 2 aromatic rings. The number of nitrogens with zero attached hydrogens (tertiary/aromatic N) is 2. The first-order chi connectivity index (χ1) is 13.4. The van der Waals surface area contributed by atoms with Crippen LogP contribution in [0.3, 0.4) is 0 Å². The fraction of sp³-hybridized carbons (Fsp3) is 0.381. The monoisotopic (exact) mass is 387 g/mol. The minimum Gasteiger partial charge on any atom is -0.343 e. The number of carbonyl (C=O) groups excluding carboxylic acids is 2. The fourth-order valence-electron chi connectivity index (χ4n) is 3.30. The van der Waals surface area contributed by atoms with Gasteiger partial charge in [-0.15, -0.1) is 0 Å². The zero-order valence-corrected chi connectivity index (χ0v) is 15.8. The summed E-state index contributed by atoms with van der Waals surface area (Å²) in [5.41, 5.74) is 1.22. The average Bonchev–Trinajstić information content (AvgIpc) is 2.70. The van der Waals surface area contributed by atoms with Crippen molar-refractivity contribution in [2.45, 2.75) is 32.6 Å². The van der Waals surface area contributed by atoms with E-state index >= 15 is 0 Å². The molecule has 0 spiro atoms. The molecule has 0 unspecified atom stereocenters. The molecule has 3 rings (SSSR count). The van der Waals surface area contributed by atoms with Crippen LogP contribution in [-0.2, 0) is 16.0 Å². The molecule has 1 saturated heterocycles. The molecule has 1 N–H and O–H groups in total. The first-order valence-corrected chi connectivity index (χ1v) is 9.37. The Morgan fingerprint density at radius 2 is 1.93 bits per heavy atom. The second-order valence-electron chi connectivity index (χ2n) is 7.10. The topological polar surface area (TPSA) is 62.3 Å². The number of carbonyl (C=O) groups is 2. The number of anilines is 1. The molecule has 0 atom stereocenters. The summed E-state index contributed by atoms with van der Waals surface area (Å²) in [6.45, 7) is 2.88. The largest absolute Gasteiger partial charge is 0.343 e. The van der Waals surface area contributed by atoms with Crippen LogP contribution >= 0.6 is 0 Å². The number of pyridine rings is 1. The maximum atomic E-state index is 13.7. The van der Waals surface area contributed by atoms with Crippen molar-refractivity contribution in [1.29, 1.82) is 0 Å². The summed E-state index contributed by atoms with van der Waals surface area (Å²) in [6.07, 6.45) is 3.10. The van der Waals surface area contributed by atoms with Gasteiger partial charge in [-0.25, -0.2) is 13.8 Å². The van der Waals surface area contributed by atoms with Gasteiger partial charge in [-0.05, 0) is 61.6 Å². The third-order valence-electron chi connectivity index (χ3n) is 5.00. The van der Waals surface area contributed by atoms with Crippen molar-refractivity contribution in [2.24, 2.45) is 5.92 Å². The number of piperidine rings is 1. The SMILES string of the molecule is Cc1ccc(NC(=O)C2CCN(C(=O)CCc3cc(F)ccc3F)CC2)nc1. The van der Waals surface area contributed by atoms with Crippen LogP contribution < -0.4 is 5.32 Å². The van der Waals surface area contributed by atoms with Gasteiger partial charge in [0.05, 0.1) is 0 Å². The van der Waals surface area contributed by atoms with Crippen molar-refractivity contribution in [3.8, 4) is 0 Å². The molecule has 0 bridgehead atoms. The number of benzene rings is 1. The van der Waals surface area contributed by atoms with Gasteiger partial charge in [0.1, 0.15) is 17.5 Å². The van der Waals surface area contributed by atoms with Crippen molar-refractivity contribution < 1.29 is 18.4 Å². The van der Waals surface area contributed by atoms with E-state index in [1.165, 1.54) is 0 Å². The van der Waals surface area contributed by atoms with Gasteiger partial charge in [-0.2, -0.15) is 0 Å². The summed E-state index contributed by atoms with van der Waals surface area (Å²) >= 11 is 0. The van der Waals surface area contributed by atoms with E-state index in [0.29, 0.717) is 31.7 Å². The molecule has 0 radical (unpaired) electrons. The lowest BCUT2D eigenvalue weighted by Crippen LogP contribution is -2.41. The third kappa shape index (κ3) is 5.12. The molecular formula is C21H23F2N3O2. The van der Waals surface area contributed by atoms with Gasteiger partial charge in [0.15, 0.2) is 0 Å². The Bertz CT molecular complexity index is 847. The highest BCUT2D eigenvalue weighted by atomic mass is 19.1. The van der Waals surface area contributed by atoms with E-state index in [9.17, 15) is 18.4 Å². The molecule has 2 amide bonds. The summed E-state index contributed by atoms with van der Waals surface area (Å²) in [6, 6.07) is 6.89. The molecule has 0 saturated carbocycles. The molecular weight excluding hydrogens is 364 g/mol. The summed E-state index contributed by atoms with van der Waals surface area (Å²) in [5, 5.41) is 2.81. The van der Waals surface area contributed by atoms with E-state index in [4.69, 9.17) is 0 Å². The lowest BCUT2D eigenvalue weighted by atomic mass is 9.95. The smallest absolute Gasteiger partial charge is 0.228 e. The molecule has 1 aliphatic heterocycles. The van der Waals surface area contributed by atoms with Gasteiger partial charge in [0.25, 0.3) is 0 Å². The highest BCUT2D eigenvalue weighted by Crippen LogP contribution is 2.20. The summed E-state index contributed by atoms with van der Waals surface area (Å²) in [5.74, 6) is -0.875. The normalized spacial score (nSPS) is 14.8. The maximum Gasteiger partial charge on any atom is 0.228 e. The Morgan fingerprint density at radius 1 is 1.18 bits per heavy atom. The van der Waals surface area contributed by atoms with Gasteiger partial charge in [0.2, 0.25) is 11.8 Å². The van der Waals surface area contributed by atoms with Crippen LogP contribution in [0.15, 0.2) is 36.5 Å². The number of hydrogen-bond acceptors (Lipinski definition) is 3. The van der Waals surface area contributed by atoms with E-state index in [-0.39, 0.29) is 36.1 Å². The number of hydrogen-bond donors (Lipinski definition) is 1. The zero-order chi connectivity index (χ0) is 20.1. The zero-order valence-electron chi connectivity index (χ0n) is 15.8. The Morgan fingerprint density at radius 3 is 2.61 bits per heavy atom. The van der Waals surface area contributed by atoms with Gasteiger partial charge in [0, 0.05) is 31.6 Å². The second kappa shape index (κ2) is 8.91. The predicted octanol–water partition coefficient (Wildman–Crippen LogP) is 3.48. The highest BCUT2D eigenvalue weighted by Gasteiger charge is 2.27. The predicted molar refractivity (Wildman–Crippen MR) is 102 cm³/mol. The quantitative estimate of drug-likeness (QED) is 0.854. The number of aryl methyl sites for hydroxylation is 2. The molecule has 2 heterocycles. The standard InChI is InChI=1S/C21H23F2N3O2/c1-14-2-6-19(24-13-14)25-21(28)15-8-10-26(11-9-15)20(27)7-3-16-12-17(22)4-5-18(16)23/h2,4-6,12-13,15H,3,7-11H2,1H3,(H,24,25,28). The first kappa shape index (κ1) is 19.9. The van der Waals surface area contributed by atoms with Crippen LogP contribution in [0, 0.1) is 24.5 Å². The van der Waals surface area contributed by atoms with E-state index in [2.05, 4.69) is 10.3 Å². The molecule has 1 fully saturated rings. The van der Waals surface area contributed by atoms with E-state index in [1.807, 2.05) is 13.0 Å². The van der Waals surface area contributed by atoms with Crippen LogP contribution in [0.2, 0.25) is 0 Å². The average molecular weight is 387 g/mol. The molecule has 0 aliphatic carbocycles. The Kier molecular flexibility index (Phi) is 6.34. The first-order valence-electron chi connectivity index (χ1n) is 9.37. The summed E-state index contributed by atoms with van der Waals surface area (Å²) < 4.78 is 26.9. The summed E-state index contributed by atoms with van der Waals surface area (Å²) in [7, 11) is 0. The van der Waals surface area contributed by atoms with Crippen LogP contribution in [0.4, 0.5) is 14.6 Å². The molecule has 148 valence electrons. The number of likely N-dealkylation sites (tertiary alicyclic amines) is 1. The van der Waals surface area contributed by atoms with Crippen molar-refractivity contribution in [3.63, 3.8) is 0 Å². The molecule has 28 heavy (non-hydrogen) atoms. The molecule has 1 aromatic carbocycles. The Hall–Kier alpha value is -2.83. The van der Waals surface area contributed by atoms with Crippen molar-refractivity contribution in [3.05, 3.63) is 59.3 Å². The Balaban J connectivity index is 1.46. The number of aromatic nitrogens is 1. The molecule has 1 aliphatic rings. The van der Waals surface area contributed by atoms with Crippen molar-refractivity contribution >= 4 is 17.6 Å². The van der Waals surface area contributed by atoms with E-state index < -0.39 is 11.6 Å².